The molecule has 2 aromatic carbocycles. The number of hydrogen-bond donors (Lipinski definition) is 1. The zero-order chi connectivity index (χ0) is 24.5. The Labute approximate surface area is 195 Å². The monoisotopic (exact) mass is 485 g/mol. The van der Waals surface area contributed by atoms with Gasteiger partial charge in [0, 0.05) is 23.5 Å². The van der Waals surface area contributed by atoms with Crippen LogP contribution in [0.5, 0.6) is 11.6 Å². The predicted molar refractivity (Wildman–Crippen MR) is 122 cm³/mol. The molecule has 11 heteroatoms. The molecule has 0 aliphatic heterocycles. The number of ether oxygens (including phenoxy) is 1. The van der Waals surface area contributed by atoms with E-state index >= 15 is 0 Å². The summed E-state index contributed by atoms with van der Waals surface area (Å²) < 4.78 is 61.3. The minimum Gasteiger partial charge on any atom is -0.439 e. The Balaban J connectivity index is 1.45. The molecule has 8 nitrogen and oxygen atoms in total. The molecule has 0 amide bonds. The molecule has 2 heterocycles. The molecule has 2 aromatic heterocycles. The lowest BCUT2D eigenvalue weighted by Crippen LogP contribution is -2.15. The molecule has 0 aliphatic carbocycles. The molecule has 0 saturated carbocycles. The fourth-order valence-corrected chi connectivity index (χ4v) is 4.46. The molecule has 176 valence electrons. The molecule has 0 aliphatic rings. The van der Waals surface area contributed by atoms with Crippen molar-refractivity contribution in [1.82, 2.24) is 19.7 Å². The number of halogens is 2. The molecule has 0 saturated heterocycles. The summed E-state index contributed by atoms with van der Waals surface area (Å²) in [5, 5.41) is 4.48. The number of hydrogen-bond acceptors (Lipinski definition) is 6. The summed E-state index contributed by atoms with van der Waals surface area (Å²) in [5.41, 5.74) is 3.20. The first-order valence-electron chi connectivity index (χ1n) is 10.2. The highest BCUT2D eigenvalue weighted by atomic mass is 32.2. The second kappa shape index (κ2) is 9.18. The van der Waals surface area contributed by atoms with Crippen molar-refractivity contribution in [3.63, 3.8) is 0 Å². The third-order valence-corrected chi connectivity index (χ3v) is 6.39. The van der Waals surface area contributed by atoms with E-state index in [2.05, 4.69) is 19.8 Å². The Morgan fingerprint density at radius 3 is 2.26 bits per heavy atom. The predicted octanol–water partition coefficient (Wildman–Crippen LogP) is 4.60. The first-order valence-corrected chi connectivity index (χ1v) is 11.8. The Morgan fingerprint density at radius 2 is 1.65 bits per heavy atom. The van der Waals surface area contributed by atoms with Crippen molar-refractivity contribution in [2.24, 2.45) is 0 Å². The van der Waals surface area contributed by atoms with Crippen molar-refractivity contribution in [3.05, 3.63) is 89.0 Å². The van der Waals surface area contributed by atoms with Crippen LogP contribution in [0.1, 0.15) is 22.5 Å². The third kappa shape index (κ3) is 5.37. The molecule has 0 unspecified atom stereocenters. The van der Waals surface area contributed by atoms with E-state index in [4.69, 9.17) is 4.74 Å². The number of anilines is 1. The van der Waals surface area contributed by atoms with Gasteiger partial charge in [0.05, 0.1) is 11.4 Å². The van der Waals surface area contributed by atoms with Crippen LogP contribution in [0.25, 0.3) is 5.82 Å². The average molecular weight is 486 g/mol. The highest BCUT2D eigenvalue weighted by molar-refractivity contribution is 7.91. The second-order valence-corrected chi connectivity index (χ2v) is 9.41. The average Bonchev–Trinajstić information content (AvgIpc) is 3.01. The molecular weight excluding hydrogens is 464 g/mol. The molecule has 0 radical (unpaired) electrons. The Hall–Kier alpha value is -3.86. The maximum atomic E-state index is 13.3. The summed E-state index contributed by atoms with van der Waals surface area (Å²) >= 11 is 0. The van der Waals surface area contributed by atoms with Crippen molar-refractivity contribution in [2.75, 3.05) is 4.72 Å². The van der Waals surface area contributed by atoms with E-state index in [1.165, 1.54) is 18.5 Å². The van der Waals surface area contributed by atoms with E-state index in [0.717, 1.165) is 29.1 Å². The Morgan fingerprint density at radius 1 is 0.971 bits per heavy atom. The first kappa shape index (κ1) is 23.3. The highest BCUT2D eigenvalue weighted by Crippen LogP contribution is 2.24. The normalized spacial score (nSPS) is 11.4. The fraction of sp³-hybridized carbons (Fsp3) is 0.174. The molecule has 4 aromatic rings. The molecule has 0 atom stereocenters. The lowest BCUT2D eigenvalue weighted by Gasteiger charge is -2.10. The van der Waals surface area contributed by atoms with Gasteiger partial charge in [0.25, 0.3) is 0 Å². The van der Waals surface area contributed by atoms with Crippen molar-refractivity contribution >= 4 is 15.7 Å². The zero-order valence-electron chi connectivity index (χ0n) is 18.6. The number of nitrogens with one attached hydrogen (secondary N) is 1. The largest absolute Gasteiger partial charge is 0.439 e. The van der Waals surface area contributed by atoms with E-state index in [9.17, 15) is 17.2 Å². The van der Waals surface area contributed by atoms with Crippen LogP contribution in [-0.2, 0) is 15.8 Å². The highest BCUT2D eigenvalue weighted by Gasteiger charge is 2.14. The van der Waals surface area contributed by atoms with Gasteiger partial charge in [-0.25, -0.2) is 31.8 Å². The van der Waals surface area contributed by atoms with Gasteiger partial charge in [0.1, 0.15) is 23.7 Å². The molecule has 4 rings (SSSR count). The van der Waals surface area contributed by atoms with Gasteiger partial charge in [-0.05, 0) is 68.3 Å². The quantitative estimate of drug-likeness (QED) is 0.411. The molecule has 0 bridgehead atoms. The maximum Gasteiger partial charge on any atom is 0.236 e. The van der Waals surface area contributed by atoms with Gasteiger partial charge in [-0.1, -0.05) is 0 Å². The summed E-state index contributed by atoms with van der Waals surface area (Å²) in [6, 6.07) is 10.4. The van der Waals surface area contributed by atoms with E-state index in [0.29, 0.717) is 17.6 Å². The zero-order valence-corrected chi connectivity index (χ0v) is 19.4. The van der Waals surface area contributed by atoms with Crippen LogP contribution >= 0.6 is 0 Å². The van der Waals surface area contributed by atoms with E-state index in [-0.39, 0.29) is 17.1 Å². The second-order valence-electron chi connectivity index (χ2n) is 7.69. The van der Waals surface area contributed by atoms with Gasteiger partial charge >= 0.3 is 0 Å². The lowest BCUT2D eigenvalue weighted by atomic mass is 10.2. The molecular formula is C23H21F2N5O3S. The van der Waals surface area contributed by atoms with Crippen LogP contribution in [0, 0.1) is 32.4 Å². The maximum absolute atomic E-state index is 13.3. The smallest absolute Gasteiger partial charge is 0.236 e. The van der Waals surface area contributed by atoms with Crippen LogP contribution in [0.15, 0.2) is 54.9 Å². The summed E-state index contributed by atoms with van der Waals surface area (Å²) in [7, 11) is -3.89. The van der Waals surface area contributed by atoms with Crippen molar-refractivity contribution in [2.45, 2.75) is 26.5 Å². The van der Waals surface area contributed by atoms with Crippen LogP contribution in [0.2, 0.25) is 0 Å². The van der Waals surface area contributed by atoms with Gasteiger partial charge < -0.3 is 4.74 Å². The number of benzene rings is 2. The minimum atomic E-state index is -3.89. The van der Waals surface area contributed by atoms with E-state index in [1.807, 2.05) is 20.8 Å². The fourth-order valence-electron chi connectivity index (χ4n) is 3.29. The van der Waals surface area contributed by atoms with Crippen LogP contribution in [0.3, 0.4) is 0 Å². The minimum absolute atomic E-state index is 0.00215. The van der Waals surface area contributed by atoms with Crippen molar-refractivity contribution < 1.29 is 21.9 Å². The van der Waals surface area contributed by atoms with Crippen LogP contribution in [0.4, 0.5) is 14.5 Å². The van der Waals surface area contributed by atoms with Gasteiger partial charge in [-0.15, -0.1) is 0 Å². The topological polar surface area (TPSA) is 99.0 Å². The van der Waals surface area contributed by atoms with Crippen molar-refractivity contribution in [3.8, 4) is 17.4 Å². The summed E-state index contributed by atoms with van der Waals surface area (Å²) in [6.45, 7) is 5.85. The van der Waals surface area contributed by atoms with Gasteiger partial charge in [0.2, 0.25) is 15.9 Å². The standard InChI is InChI=1S/C23H21F2N5O3S/c1-14-15(2)28-30(16(14)3)22-11-23(27-13-26-22)33-21-6-4-20(5-7-21)29-34(31,32)12-17-8-18(24)10-19(25)9-17/h4-11,13,29H,12H2,1-3H3. The number of aryl methyl sites for hydroxylation is 1. The van der Waals surface area contributed by atoms with Crippen LogP contribution in [-0.4, -0.2) is 28.2 Å². The van der Waals surface area contributed by atoms with E-state index in [1.54, 1.807) is 22.9 Å². The van der Waals surface area contributed by atoms with Crippen LogP contribution < -0.4 is 9.46 Å². The number of rotatable bonds is 7. The Bertz CT molecular complexity index is 1430. The first-order chi connectivity index (χ1) is 16.1. The van der Waals surface area contributed by atoms with Gasteiger partial charge in [0.15, 0.2) is 5.82 Å². The SMILES string of the molecule is Cc1nn(-c2cc(Oc3ccc(NS(=O)(=O)Cc4cc(F)cc(F)c4)cc3)ncn2)c(C)c1C. The molecule has 0 fully saturated rings. The molecule has 34 heavy (non-hydrogen) atoms. The van der Waals surface area contributed by atoms with Crippen molar-refractivity contribution in [1.29, 1.82) is 0 Å². The van der Waals surface area contributed by atoms with Gasteiger partial charge in [-0.2, -0.15) is 5.10 Å². The number of aromatic nitrogens is 4. The Kier molecular flexibility index (Phi) is 6.29. The third-order valence-electron chi connectivity index (χ3n) is 5.13. The summed E-state index contributed by atoms with van der Waals surface area (Å²) in [5.74, 6) is -0.992. The summed E-state index contributed by atoms with van der Waals surface area (Å²) in [4.78, 5) is 8.37. The summed E-state index contributed by atoms with van der Waals surface area (Å²) in [6.07, 6.45) is 1.37. The van der Waals surface area contributed by atoms with Gasteiger partial charge in [-0.3, -0.25) is 4.72 Å². The lowest BCUT2D eigenvalue weighted by molar-refractivity contribution is 0.460. The molecule has 1 N–H and O–H groups in total. The molecule has 0 spiro atoms. The number of nitrogens with zero attached hydrogens (tertiary/aromatic N) is 4. The van der Waals surface area contributed by atoms with E-state index < -0.39 is 27.4 Å². The number of sulfonamides is 1.